The van der Waals surface area contributed by atoms with Crippen LogP contribution in [0, 0.1) is 0 Å². The molecular formula is C63H110O6. The summed E-state index contributed by atoms with van der Waals surface area (Å²) in [5.41, 5.74) is 0. The van der Waals surface area contributed by atoms with Crippen molar-refractivity contribution in [2.45, 2.75) is 297 Å². The van der Waals surface area contributed by atoms with Gasteiger partial charge in [0.2, 0.25) is 0 Å². The summed E-state index contributed by atoms with van der Waals surface area (Å²) in [6.45, 7) is 6.49. The SMILES string of the molecule is CC/C=C\C/C=C\C/C=C\C/C=C\CCCCC(=O)O[C@H](COC(=O)CCCCCCCCCCC/C=C\C/C=C\CCCCC)COC(=O)CCCCCCCCCCCCCCCCCCC. The smallest absolute Gasteiger partial charge is 0.306 e. The molecule has 0 unspecified atom stereocenters. The molecule has 0 heterocycles. The van der Waals surface area contributed by atoms with Gasteiger partial charge in [-0.15, -0.1) is 0 Å². The van der Waals surface area contributed by atoms with Crippen molar-refractivity contribution in [1.82, 2.24) is 0 Å². The maximum atomic E-state index is 12.8. The van der Waals surface area contributed by atoms with Crippen LogP contribution in [0.15, 0.2) is 72.9 Å². The lowest BCUT2D eigenvalue weighted by Gasteiger charge is -2.18. The maximum absolute atomic E-state index is 12.8. The first-order valence-electron chi connectivity index (χ1n) is 29.4. The number of rotatable bonds is 53. The molecule has 0 amide bonds. The number of carbonyl (C=O) groups is 3. The highest BCUT2D eigenvalue weighted by Gasteiger charge is 2.19. The van der Waals surface area contributed by atoms with Crippen LogP contribution >= 0.6 is 0 Å². The van der Waals surface area contributed by atoms with Crippen LogP contribution < -0.4 is 0 Å². The van der Waals surface area contributed by atoms with Crippen molar-refractivity contribution in [2.75, 3.05) is 13.2 Å². The molecule has 0 bridgehead atoms. The second-order valence-electron chi connectivity index (χ2n) is 19.5. The van der Waals surface area contributed by atoms with Crippen molar-refractivity contribution in [2.24, 2.45) is 0 Å². The molecule has 1 atom stereocenters. The summed E-state index contributed by atoms with van der Waals surface area (Å²) >= 11 is 0. The Morgan fingerprint density at radius 3 is 0.942 bits per heavy atom. The standard InChI is InChI=1S/C63H110O6/c1-4-7-10-13-16-19-22-25-28-30-31-33-36-38-41-44-47-50-53-56-62(65)68-59-60(69-63(66)57-54-51-48-45-42-39-34-27-24-21-18-15-12-9-6-3)58-67-61(64)55-52-49-46-43-40-37-35-32-29-26-23-20-17-14-11-8-5-2/h9,12,16,18-19,21,25,27-28,34,42,45,60H,4-8,10-11,13-15,17,20,22-24,26,29-33,35-41,43-44,46-59H2,1-3H3/b12-9-,19-16-,21-18-,28-25-,34-27-,45-42-/t60-/m0/s1. The van der Waals surface area contributed by atoms with E-state index < -0.39 is 6.10 Å². The lowest BCUT2D eigenvalue weighted by atomic mass is 10.0. The molecule has 6 nitrogen and oxygen atoms in total. The van der Waals surface area contributed by atoms with E-state index in [-0.39, 0.29) is 37.5 Å². The first-order chi connectivity index (χ1) is 34.0. The fourth-order valence-electron chi connectivity index (χ4n) is 8.29. The molecule has 0 saturated heterocycles. The Hall–Kier alpha value is -3.15. The Balaban J connectivity index is 4.40. The van der Waals surface area contributed by atoms with E-state index in [9.17, 15) is 14.4 Å². The number of allylic oxidation sites excluding steroid dienone is 12. The maximum Gasteiger partial charge on any atom is 0.306 e. The van der Waals surface area contributed by atoms with E-state index in [1.54, 1.807) is 0 Å². The van der Waals surface area contributed by atoms with E-state index in [0.717, 1.165) is 83.5 Å². The Morgan fingerprint density at radius 2 is 0.565 bits per heavy atom. The Labute approximate surface area is 427 Å². The molecule has 69 heavy (non-hydrogen) atoms. The van der Waals surface area contributed by atoms with Gasteiger partial charge in [-0.2, -0.15) is 0 Å². The summed E-state index contributed by atoms with van der Waals surface area (Å²) in [5, 5.41) is 0. The molecule has 0 aliphatic carbocycles. The highest BCUT2D eigenvalue weighted by atomic mass is 16.6. The predicted molar refractivity (Wildman–Crippen MR) is 298 cm³/mol. The van der Waals surface area contributed by atoms with Crippen LogP contribution in [-0.4, -0.2) is 37.2 Å². The zero-order valence-electron chi connectivity index (χ0n) is 45.6. The van der Waals surface area contributed by atoms with Crippen molar-refractivity contribution in [3.8, 4) is 0 Å². The topological polar surface area (TPSA) is 78.9 Å². The first kappa shape index (κ1) is 65.8. The van der Waals surface area contributed by atoms with Gasteiger partial charge in [0.25, 0.3) is 0 Å². The summed E-state index contributed by atoms with van der Waals surface area (Å²) in [6, 6.07) is 0. The van der Waals surface area contributed by atoms with E-state index in [4.69, 9.17) is 14.2 Å². The molecule has 0 aromatic heterocycles. The number of carbonyl (C=O) groups excluding carboxylic acids is 3. The van der Waals surface area contributed by atoms with Crippen molar-refractivity contribution in [3.05, 3.63) is 72.9 Å². The van der Waals surface area contributed by atoms with E-state index in [1.807, 2.05) is 0 Å². The van der Waals surface area contributed by atoms with Gasteiger partial charge in [0.15, 0.2) is 6.10 Å². The third-order valence-corrected chi connectivity index (χ3v) is 12.7. The number of ether oxygens (including phenoxy) is 3. The van der Waals surface area contributed by atoms with Crippen LogP contribution in [-0.2, 0) is 28.6 Å². The molecule has 0 radical (unpaired) electrons. The highest BCUT2D eigenvalue weighted by Crippen LogP contribution is 2.16. The first-order valence-corrected chi connectivity index (χ1v) is 29.4. The van der Waals surface area contributed by atoms with E-state index in [0.29, 0.717) is 19.3 Å². The molecule has 0 aromatic rings. The summed E-state index contributed by atoms with van der Waals surface area (Å²) in [5.74, 6) is -0.926. The zero-order chi connectivity index (χ0) is 50.0. The molecule has 0 aliphatic rings. The van der Waals surface area contributed by atoms with Crippen molar-refractivity contribution in [1.29, 1.82) is 0 Å². The number of esters is 3. The molecule has 0 spiro atoms. The van der Waals surface area contributed by atoms with Crippen LogP contribution in [0.5, 0.6) is 0 Å². The average Bonchev–Trinajstić information content (AvgIpc) is 3.35. The van der Waals surface area contributed by atoms with Gasteiger partial charge >= 0.3 is 17.9 Å². The van der Waals surface area contributed by atoms with Crippen molar-refractivity contribution < 1.29 is 28.6 Å². The molecule has 0 fully saturated rings. The van der Waals surface area contributed by atoms with Gasteiger partial charge in [-0.25, -0.2) is 0 Å². The minimum absolute atomic E-state index is 0.0910. The van der Waals surface area contributed by atoms with Gasteiger partial charge in [0, 0.05) is 19.3 Å². The monoisotopic (exact) mass is 963 g/mol. The summed E-state index contributed by atoms with van der Waals surface area (Å²) < 4.78 is 16.9. The summed E-state index contributed by atoms with van der Waals surface area (Å²) in [4.78, 5) is 38.2. The lowest BCUT2D eigenvalue weighted by molar-refractivity contribution is -0.167. The van der Waals surface area contributed by atoms with Gasteiger partial charge in [-0.1, -0.05) is 254 Å². The molecule has 0 aromatic carbocycles. The van der Waals surface area contributed by atoms with Gasteiger partial charge in [-0.05, 0) is 89.9 Å². The van der Waals surface area contributed by atoms with Crippen LogP contribution in [0.3, 0.4) is 0 Å². The summed E-state index contributed by atoms with van der Waals surface area (Å²) in [6.07, 6.45) is 73.2. The van der Waals surface area contributed by atoms with E-state index in [2.05, 4.69) is 93.7 Å². The highest BCUT2D eigenvalue weighted by molar-refractivity contribution is 5.71. The molecule has 0 rings (SSSR count). The van der Waals surface area contributed by atoms with Gasteiger partial charge in [0.05, 0.1) is 0 Å². The minimum Gasteiger partial charge on any atom is -0.462 e. The van der Waals surface area contributed by atoms with Gasteiger partial charge < -0.3 is 14.2 Å². The van der Waals surface area contributed by atoms with Gasteiger partial charge in [0.1, 0.15) is 13.2 Å². The molecule has 6 heteroatoms. The fourth-order valence-corrected chi connectivity index (χ4v) is 8.29. The van der Waals surface area contributed by atoms with Crippen molar-refractivity contribution >= 4 is 17.9 Å². The molecule has 0 saturated carbocycles. The zero-order valence-corrected chi connectivity index (χ0v) is 45.6. The fraction of sp³-hybridized carbons (Fsp3) is 0.762. The quantitative estimate of drug-likeness (QED) is 0.0262. The normalized spacial score (nSPS) is 12.6. The van der Waals surface area contributed by atoms with Crippen LogP contribution in [0.25, 0.3) is 0 Å². The van der Waals surface area contributed by atoms with Crippen LogP contribution in [0.4, 0.5) is 0 Å². The summed E-state index contributed by atoms with van der Waals surface area (Å²) in [7, 11) is 0. The molecule has 0 aliphatic heterocycles. The predicted octanol–water partition coefficient (Wildman–Crippen LogP) is 19.8. The number of hydrogen-bond acceptors (Lipinski definition) is 6. The van der Waals surface area contributed by atoms with E-state index in [1.165, 1.54) is 161 Å². The largest absolute Gasteiger partial charge is 0.462 e. The Morgan fingerprint density at radius 1 is 0.304 bits per heavy atom. The molecular weight excluding hydrogens is 853 g/mol. The Kier molecular flexibility index (Phi) is 54.8. The van der Waals surface area contributed by atoms with E-state index >= 15 is 0 Å². The second kappa shape index (κ2) is 57.4. The number of unbranched alkanes of at least 4 members (excludes halogenated alkanes) is 30. The molecule has 0 N–H and O–H groups in total. The van der Waals surface area contributed by atoms with Crippen LogP contribution in [0.2, 0.25) is 0 Å². The lowest BCUT2D eigenvalue weighted by Crippen LogP contribution is -2.30. The van der Waals surface area contributed by atoms with Crippen LogP contribution in [0.1, 0.15) is 290 Å². The Bertz CT molecular complexity index is 1290. The number of hydrogen-bond donors (Lipinski definition) is 0. The third kappa shape index (κ3) is 55.6. The average molecular weight is 964 g/mol. The minimum atomic E-state index is -0.798. The molecule has 398 valence electrons. The van der Waals surface area contributed by atoms with Gasteiger partial charge in [-0.3, -0.25) is 14.4 Å². The van der Waals surface area contributed by atoms with Crippen molar-refractivity contribution in [3.63, 3.8) is 0 Å². The second-order valence-corrected chi connectivity index (χ2v) is 19.5. The third-order valence-electron chi connectivity index (χ3n) is 12.7.